The van der Waals surface area contributed by atoms with Crippen molar-refractivity contribution < 1.29 is 13.2 Å². The summed E-state index contributed by atoms with van der Waals surface area (Å²) in [7, 11) is -2.89. The minimum absolute atomic E-state index is 0.156. The Kier molecular flexibility index (Phi) is 4.98. The van der Waals surface area contributed by atoms with E-state index in [-0.39, 0.29) is 5.75 Å². The Hall–Kier alpha value is -1.59. The molecule has 0 aliphatic carbocycles. The fourth-order valence-electron chi connectivity index (χ4n) is 1.88. The molecule has 0 amide bonds. The van der Waals surface area contributed by atoms with E-state index in [1.807, 2.05) is 36.4 Å². The van der Waals surface area contributed by atoms with Gasteiger partial charge in [-0.25, -0.2) is 8.42 Å². The van der Waals surface area contributed by atoms with E-state index in [4.69, 9.17) is 4.74 Å². The molecule has 0 saturated heterocycles. The molecule has 0 fully saturated rings. The van der Waals surface area contributed by atoms with Crippen molar-refractivity contribution in [1.29, 1.82) is 0 Å². The molecule has 0 heterocycles. The van der Waals surface area contributed by atoms with E-state index in [1.54, 1.807) is 0 Å². The summed E-state index contributed by atoms with van der Waals surface area (Å²) in [6.45, 7) is 1.60. The largest absolute Gasteiger partial charge is 0.492 e. The van der Waals surface area contributed by atoms with Gasteiger partial charge in [0.05, 0.1) is 5.75 Å². The summed E-state index contributed by atoms with van der Waals surface area (Å²) in [5.41, 5.74) is 0. The first-order valence-corrected chi connectivity index (χ1v) is 8.61. The van der Waals surface area contributed by atoms with Crippen LogP contribution in [0.1, 0.15) is 0 Å². The van der Waals surface area contributed by atoms with E-state index in [0.29, 0.717) is 19.7 Å². The van der Waals surface area contributed by atoms with E-state index in [9.17, 15) is 8.42 Å². The fraction of sp³-hybridized carbons (Fsp3) is 0.333. The van der Waals surface area contributed by atoms with Gasteiger partial charge in [-0.05, 0) is 22.9 Å². The fourth-order valence-corrected chi connectivity index (χ4v) is 2.40. The van der Waals surface area contributed by atoms with Gasteiger partial charge in [-0.2, -0.15) is 0 Å². The number of benzene rings is 2. The summed E-state index contributed by atoms with van der Waals surface area (Å²) in [5, 5.41) is 5.38. The third-order valence-electron chi connectivity index (χ3n) is 2.92. The molecule has 0 aliphatic rings. The number of hydrogen-bond acceptors (Lipinski definition) is 4. The molecular weight excluding hydrogens is 274 g/mol. The van der Waals surface area contributed by atoms with Gasteiger partial charge in [-0.3, -0.25) is 0 Å². The predicted octanol–water partition coefficient (Wildman–Crippen LogP) is 1.85. The number of fused-ring (bicyclic) bond motifs is 1. The van der Waals surface area contributed by atoms with E-state index in [2.05, 4.69) is 11.4 Å². The van der Waals surface area contributed by atoms with Crippen molar-refractivity contribution in [3.05, 3.63) is 42.5 Å². The Balaban J connectivity index is 1.76. The molecule has 0 atom stereocenters. The summed E-state index contributed by atoms with van der Waals surface area (Å²) >= 11 is 0. The Labute approximate surface area is 119 Å². The molecule has 20 heavy (non-hydrogen) atoms. The molecule has 0 unspecified atom stereocenters. The second kappa shape index (κ2) is 6.72. The van der Waals surface area contributed by atoms with Gasteiger partial charge in [-0.15, -0.1) is 0 Å². The normalized spacial score (nSPS) is 11.7. The van der Waals surface area contributed by atoms with Gasteiger partial charge in [-0.1, -0.05) is 30.3 Å². The van der Waals surface area contributed by atoms with Crippen molar-refractivity contribution in [2.45, 2.75) is 0 Å². The third-order valence-corrected chi connectivity index (χ3v) is 3.86. The number of ether oxygens (including phenoxy) is 1. The Morgan fingerprint density at radius 1 is 1.05 bits per heavy atom. The van der Waals surface area contributed by atoms with Crippen molar-refractivity contribution in [3.63, 3.8) is 0 Å². The SMILES string of the molecule is CS(=O)(=O)CCNCCOc1ccc2ccccc2c1. The maximum absolute atomic E-state index is 10.9. The van der Waals surface area contributed by atoms with Crippen LogP contribution in [0.5, 0.6) is 5.75 Å². The topological polar surface area (TPSA) is 55.4 Å². The highest BCUT2D eigenvalue weighted by atomic mass is 32.2. The highest BCUT2D eigenvalue weighted by molar-refractivity contribution is 7.90. The van der Waals surface area contributed by atoms with Crippen LogP contribution in [0.25, 0.3) is 10.8 Å². The number of rotatable bonds is 7. The van der Waals surface area contributed by atoms with Crippen LogP contribution in [0, 0.1) is 0 Å². The van der Waals surface area contributed by atoms with Crippen LogP contribution in [0.4, 0.5) is 0 Å². The number of sulfone groups is 1. The molecule has 0 bridgehead atoms. The molecule has 0 spiro atoms. The second-order valence-corrected chi connectivity index (χ2v) is 7.00. The predicted molar refractivity (Wildman–Crippen MR) is 82.0 cm³/mol. The van der Waals surface area contributed by atoms with Crippen molar-refractivity contribution in [3.8, 4) is 5.75 Å². The summed E-state index contributed by atoms with van der Waals surface area (Å²) in [4.78, 5) is 0. The van der Waals surface area contributed by atoms with Crippen LogP contribution in [-0.4, -0.2) is 40.1 Å². The van der Waals surface area contributed by atoms with Crippen molar-refractivity contribution in [2.75, 3.05) is 31.7 Å². The summed E-state index contributed by atoms with van der Waals surface area (Å²) < 4.78 is 27.5. The van der Waals surface area contributed by atoms with Gasteiger partial charge < -0.3 is 10.1 Å². The van der Waals surface area contributed by atoms with Crippen molar-refractivity contribution in [2.24, 2.45) is 0 Å². The van der Waals surface area contributed by atoms with Crippen LogP contribution in [0.2, 0.25) is 0 Å². The maximum atomic E-state index is 10.9. The van der Waals surface area contributed by atoms with Crippen molar-refractivity contribution in [1.82, 2.24) is 5.32 Å². The molecule has 0 radical (unpaired) electrons. The molecule has 0 saturated carbocycles. The minimum Gasteiger partial charge on any atom is -0.492 e. The first-order chi connectivity index (χ1) is 9.54. The Morgan fingerprint density at radius 2 is 1.80 bits per heavy atom. The molecule has 2 aromatic rings. The molecule has 4 nitrogen and oxygen atoms in total. The lowest BCUT2D eigenvalue weighted by Gasteiger charge is -2.08. The van der Waals surface area contributed by atoms with Gasteiger partial charge in [0.15, 0.2) is 0 Å². The highest BCUT2D eigenvalue weighted by Crippen LogP contribution is 2.20. The lowest BCUT2D eigenvalue weighted by atomic mass is 10.1. The number of nitrogens with one attached hydrogen (secondary N) is 1. The molecule has 108 valence electrons. The highest BCUT2D eigenvalue weighted by Gasteiger charge is 2.00. The summed E-state index contributed by atoms with van der Waals surface area (Å²) in [5.74, 6) is 0.983. The zero-order chi connectivity index (χ0) is 14.4. The van der Waals surface area contributed by atoms with Crippen LogP contribution >= 0.6 is 0 Å². The molecule has 5 heteroatoms. The third kappa shape index (κ3) is 4.83. The van der Waals surface area contributed by atoms with Crippen molar-refractivity contribution >= 4 is 20.6 Å². The van der Waals surface area contributed by atoms with Crippen LogP contribution in [0.3, 0.4) is 0 Å². The van der Waals surface area contributed by atoms with Crippen LogP contribution < -0.4 is 10.1 Å². The second-order valence-electron chi connectivity index (χ2n) is 4.74. The van der Waals surface area contributed by atoms with Gasteiger partial charge in [0.1, 0.15) is 22.2 Å². The first-order valence-electron chi connectivity index (χ1n) is 6.55. The summed E-state index contributed by atoms with van der Waals surface area (Å²) in [6.07, 6.45) is 1.24. The Morgan fingerprint density at radius 3 is 2.55 bits per heavy atom. The van der Waals surface area contributed by atoms with E-state index in [0.717, 1.165) is 11.1 Å². The standard InChI is InChI=1S/C15H19NO3S/c1-20(17,18)11-9-16-8-10-19-15-7-6-13-4-2-3-5-14(13)12-15/h2-7,12,16H,8-11H2,1H3. The van der Waals surface area contributed by atoms with E-state index >= 15 is 0 Å². The minimum atomic E-state index is -2.89. The zero-order valence-corrected chi connectivity index (χ0v) is 12.3. The maximum Gasteiger partial charge on any atom is 0.148 e. The van der Waals surface area contributed by atoms with Gasteiger partial charge >= 0.3 is 0 Å². The smallest absolute Gasteiger partial charge is 0.148 e. The lowest BCUT2D eigenvalue weighted by Crippen LogP contribution is -2.26. The van der Waals surface area contributed by atoms with Gasteiger partial charge in [0, 0.05) is 19.3 Å². The molecule has 2 rings (SSSR count). The first kappa shape index (κ1) is 14.8. The van der Waals surface area contributed by atoms with Crippen LogP contribution in [0.15, 0.2) is 42.5 Å². The zero-order valence-electron chi connectivity index (χ0n) is 11.5. The molecule has 2 aromatic carbocycles. The van der Waals surface area contributed by atoms with E-state index < -0.39 is 9.84 Å². The molecule has 0 aliphatic heterocycles. The van der Waals surface area contributed by atoms with Gasteiger partial charge in [0.2, 0.25) is 0 Å². The average Bonchev–Trinajstić information content (AvgIpc) is 2.41. The lowest BCUT2D eigenvalue weighted by molar-refractivity contribution is 0.316. The average molecular weight is 293 g/mol. The van der Waals surface area contributed by atoms with E-state index in [1.165, 1.54) is 11.6 Å². The molecule has 1 N–H and O–H groups in total. The summed E-state index contributed by atoms with van der Waals surface area (Å²) in [6, 6.07) is 14.1. The molecule has 0 aromatic heterocycles. The van der Waals surface area contributed by atoms with Gasteiger partial charge in [0.25, 0.3) is 0 Å². The quantitative estimate of drug-likeness (QED) is 0.792. The Bertz CT molecular complexity index is 668. The van der Waals surface area contributed by atoms with Crippen LogP contribution in [-0.2, 0) is 9.84 Å². The number of hydrogen-bond donors (Lipinski definition) is 1. The molecular formula is C15H19NO3S. The monoisotopic (exact) mass is 293 g/mol.